The van der Waals surface area contributed by atoms with Gasteiger partial charge in [0, 0.05) is 30.6 Å². The molecule has 0 saturated carbocycles. The monoisotopic (exact) mass is 291 g/mol. The number of aromatic amines is 1. The van der Waals surface area contributed by atoms with Crippen LogP contribution >= 0.6 is 11.6 Å². The van der Waals surface area contributed by atoms with E-state index in [0.717, 1.165) is 48.3 Å². The second-order valence-corrected chi connectivity index (χ2v) is 5.58. The number of nitrogens with two attached hydrogens (primary N) is 1. The predicted molar refractivity (Wildman–Crippen MR) is 80.1 cm³/mol. The molecule has 0 unspecified atom stereocenters. The van der Waals surface area contributed by atoms with Crippen molar-refractivity contribution in [3.8, 4) is 0 Å². The lowest BCUT2D eigenvalue weighted by molar-refractivity contribution is 0.496. The fraction of sp³-hybridized carbons (Fsp3) is 0.429. The zero-order valence-corrected chi connectivity index (χ0v) is 12.0. The first-order valence-electron chi connectivity index (χ1n) is 6.87. The van der Waals surface area contributed by atoms with Crippen LogP contribution in [0.15, 0.2) is 24.3 Å². The molecule has 0 aliphatic carbocycles. The zero-order valence-electron chi connectivity index (χ0n) is 11.2. The first-order valence-corrected chi connectivity index (χ1v) is 7.25. The third-order valence-corrected chi connectivity index (χ3v) is 4.03. The van der Waals surface area contributed by atoms with E-state index in [1.54, 1.807) is 0 Å². The molecule has 6 heteroatoms. The molecular weight excluding hydrogens is 274 g/mol. The molecule has 1 aromatic heterocycles. The van der Waals surface area contributed by atoms with Gasteiger partial charge in [-0.3, -0.25) is 5.10 Å². The van der Waals surface area contributed by atoms with Crippen molar-refractivity contribution in [1.82, 2.24) is 15.2 Å². The lowest BCUT2D eigenvalue weighted by atomic mass is 10.1. The van der Waals surface area contributed by atoms with Gasteiger partial charge in [0.1, 0.15) is 5.82 Å². The number of hydrogen-bond donors (Lipinski definition) is 2. The van der Waals surface area contributed by atoms with Crippen molar-refractivity contribution in [2.45, 2.75) is 25.3 Å². The van der Waals surface area contributed by atoms with Crippen molar-refractivity contribution in [3.05, 3.63) is 40.7 Å². The van der Waals surface area contributed by atoms with E-state index in [1.807, 2.05) is 24.3 Å². The Kier molecular flexibility index (Phi) is 3.89. The molecule has 1 saturated heterocycles. The minimum atomic E-state index is 0.313. The molecule has 3 rings (SSSR count). The largest absolute Gasteiger partial charge is 0.339 e. The minimum absolute atomic E-state index is 0.313. The van der Waals surface area contributed by atoms with E-state index < -0.39 is 0 Å². The average molecular weight is 292 g/mol. The molecule has 1 aliphatic heterocycles. The van der Waals surface area contributed by atoms with Gasteiger partial charge in [-0.1, -0.05) is 29.8 Å². The molecule has 2 aromatic rings. The van der Waals surface area contributed by atoms with Crippen LogP contribution in [-0.4, -0.2) is 34.3 Å². The smallest absolute Gasteiger partial charge is 0.244 e. The Labute approximate surface area is 123 Å². The summed E-state index contributed by atoms with van der Waals surface area (Å²) in [5.41, 5.74) is 6.96. The van der Waals surface area contributed by atoms with Crippen molar-refractivity contribution in [2.75, 3.05) is 18.0 Å². The van der Waals surface area contributed by atoms with Gasteiger partial charge in [0.05, 0.1) is 0 Å². The van der Waals surface area contributed by atoms with Gasteiger partial charge in [0.25, 0.3) is 0 Å². The normalized spacial score (nSPS) is 16.6. The van der Waals surface area contributed by atoms with Crippen LogP contribution in [0, 0.1) is 0 Å². The molecule has 1 fully saturated rings. The first-order chi connectivity index (χ1) is 9.72. The molecule has 0 amide bonds. The Bertz CT molecular complexity index is 574. The summed E-state index contributed by atoms with van der Waals surface area (Å²) in [5, 5.41) is 8.05. The SMILES string of the molecule is NC1CCN(c2n[nH]c(Cc3ccccc3Cl)n2)CC1. The van der Waals surface area contributed by atoms with Crippen LogP contribution in [0.1, 0.15) is 24.2 Å². The van der Waals surface area contributed by atoms with E-state index in [4.69, 9.17) is 17.3 Å². The highest BCUT2D eigenvalue weighted by atomic mass is 35.5. The maximum atomic E-state index is 6.16. The van der Waals surface area contributed by atoms with Gasteiger partial charge in [-0.25, -0.2) is 0 Å². The van der Waals surface area contributed by atoms with Crippen LogP contribution in [0.5, 0.6) is 0 Å². The van der Waals surface area contributed by atoms with Crippen molar-refractivity contribution < 1.29 is 0 Å². The molecule has 3 N–H and O–H groups in total. The molecule has 0 spiro atoms. The second kappa shape index (κ2) is 5.81. The van der Waals surface area contributed by atoms with Crippen LogP contribution in [0.4, 0.5) is 5.95 Å². The Balaban J connectivity index is 1.69. The number of hydrogen-bond acceptors (Lipinski definition) is 4. The molecule has 5 nitrogen and oxygen atoms in total. The molecule has 0 bridgehead atoms. The van der Waals surface area contributed by atoms with Crippen LogP contribution in [0.25, 0.3) is 0 Å². The van der Waals surface area contributed by atoms with Gasteiger partial charge < -0.3 is 10.6 Å². The van der Waals surface area contributed by atoms with E-state index >= 15 is 0 Å². The van der Waals surface area contributed by atoms with E-state index in [-0.39, 0.29) is 0 Å². The summed E-state index contributed by atoms with van der Waals surface area (Å²) in [6.45, 7) is 1.84. The number of piperidine rings is 1. The fourth-order valence-corrected chi connectivity index (χ4v) is 2.63. The molecule has 2 heterocycles. The second-order valence-electron chi connectivity index (χ2n) is 5.17. The van der Waals surface area contributed by atoms with Gasteiger partial charge in [0.2, 0.25) is 5.95 Å². The quantitative estimate of drug-likeness (QED) is 0.907. The number of rotatable bonds is 3. The van der Waals surface area contributed by atoms with E-state index in [2.05, 4.69) is 20.1 Å². The van der Waals surface area contributed by atoms with Gasteiger partial charge in [0.15, 0.2) is 0 Å². The molecule has 1 aromatic carbocycles. The summed E-state index contributed by atoms with van der Waals surface area (Å²) in [6, 6.07) is 8.11. The third kappa shape index (κ3) is 2.94. The summed E-state index contributed by atoms with van der Waals surface area (Å²) < 4.78 is 0. The summed E-state index contributed by atoms with van der Waals surface area (Å²) in [4.78, 5) is 6.73. The topological polar surface area (TPSA) is 70.8 Å². The molecular formula is C14H18ClN5. The molecule has 0 radical (unpaired) electrons. The first kappa shape index (κ1) is 13.4. The van der Waals surface area contributed by atoms with Gasteiger partial charge in [-0.15, -0.1) is 5.10 Å². The lowest BCUT2D eigenvalue weighted by Crippen LogP contribution is -2.40. The zero-order chi connectivity index (χ0) is 13.9. The van der Waals surface area contributed by atoms with Crippen molar-refractivity contribution in [3.63, 3.8) is 0 Å². The Morgan fingerprint density at radius 3 is 2.80 bits per heavy atom. The van der Waals surface area contributed by atoms with Crippen LogP contribution in [-0.2, 0) is 6.42 Å². The average Bonchev–Trinajstić information content (AvgIpc) is 2.91. The number of H-pyrrole nitrogens is 1. The number of benzene rings is 1. The van der Waals surface area contributed by atoms with E-state index in [9.17, 15) is 0 Å². The van der Waals surface area contributed by atoms with Crippen LogP contribution in [0.2, 0.25) is 5.02 Å². The standard InChI is InChI=1S/C14H18ClN5/c15-12-4-2-1-3-10(12)9-13-17-14(19-18-13)20-7-5-11(16)6-8-20/h1-4,11H,5-9,16H2,(H,17,18,19). The number of aromatic nitrogens is 3. The lowest BCUT2D eigenvalue weighted by Gasteiger charge is -2.28. The van der Waals surface area contributed by atoms with Gasteiger partial charge >= 0.3 is 0 Å². The number of nitrogens with zero attached hydrogens (tertiary/aromatic N) is 3. The van der Waals surface area contributed by atoms with Crippen LogP contribution in [0.3, 0.4) is 0 Å². The number of halogens is 1. The molecule has 0 atom stereocenters. The van der Waals surface area contributed by atoms with Crippen LogP contribution < -0.4 is 10.6 Å². The van der Waals surface area contributed by atoms with Gasteiger partial charge in [-0.2, -0.15) is 4.98 Å². The maximum Gasteiger partial charge on any atom is 0.244 e. The minimum Gasteiger partial charge on any atom is -0.339 e. The highest BCUT2D eigenvalue weighted by Crippen LogP contribution is 2.19. The summed E-state index contributed by atoms with van der Waals surface area (Å²) in [7, 11) is 0. The van der Waals surface area contributed by atoms with Crippen molar-refractivity contribution in [2.24, 2.45) is 5.73 Å². The summed E-state index contributed by atoms with van der Waals surface area (Å²) in [5.74, 6) is 1.60. The predicted octanol–water partition coefficient (Wildman–Crippen LogP) is 1.98. The Morgan fingerprint density at radius 1 is 1.30 bits per heavy atom. The van der Waals surface area contributed by atoms with Crippen molar-refractivity contribution in [1.29, 1.82) is 0 Å². The Morgan fingerprint density at radius 2 is 2.05 bits per heavy atom. The van der Waals surface area contributed by atoms with Gasteiger partial charge in [-0.05, 0) is 24.5 Å². The molecule has 1 aliphatic rings. The fourth-order valence-electron chi connectivity index (χ4n) is 2.43. The summed E-state index contributed by atoms with van der Waals surface area (Å²) in [6.07, 6.45) is 2.66. The number of anilines is 1. The highest BCUT2D eigenvalue weighted by molar-refractivity contribution is 6.31. The number of nitrogens with one attached hydrogen (secondary N) is 1. The highest BCUT2D eigenvalue weighted by Gasteiger charge is 2.19. The summed E-state index contributed by atoms with van der Waals surface area (Å²) >= 11 is 6.16. The molecule has 20 heavy (non-hydrogen) atoms. The third-order valence-electron chi connectivity index (χ3n) is 3.66. The van der Waals surface area contributed by atoms with E-state index in [0.29, 0.717) is 12.5 Å². The Hall–Kier alpha value is -1.59. The maximum absolute atomic E-state index is 6.16. The van der Waals surface area contributed by atoms with E-state index in [1.165, 1.54) is 0 Å². The molecule has 106 valence electrons. The van der Waals surface area contributed by atoms with Crippen molar-refractivity contribution >= 4 is 17.5 Å².